The molecule has 1 amide bonds. The molecule has 0 atom stereocenters. The number of tetrazole rings is 1. The van der Waals surface area contributed by atoms with Gasteiger partial charge in [0.15, 0.2) is 0 Å². The maximum Gasteiger partial charge on any atom is 0.303 e. The van der Waals surface area contributed by atoms with Crippen LogP contribution in [0.4, 0.5) is 0 Å². The fraction of sp³-hybridized carbons (Fsp3) is 0.571. The largest absolute Gasteiger partial charge is 0.481 e. The highest BCUT2D eigenvalue weighted by molar-refractivity contribution is 5.75. The Hall–Kier alpha value is -1.99. The molecule has 0 aliphatic rings. The van der Waals surface area contributed by atoms with Crippen LogP contribution in [0.25, 0.3) is 0 Å². The zero-order chi connectivity index (χ0) is 11.1. The Morgan fingerprint density at radius 1 is 1.47 bits per heavy atom. The lowest BCUT2D eigenvalue weighted by atomic mass is 10.3. The van der Waals surface area contributed by atoms with Gasteiger partial charge in [-0.2, -0.15) is 0 Å². The maximum absolute atomic E-state index is 11.2. The summed E-state index contributed by atoms with van der Waals surface area (Å²) in [6, 6.07) is 0. The van der Waals surface area contributed by atoms with E-state index in [2.05, 4.69) is 20.8 Å². The van der Waals surface area contributed by atoms with Gasteiger partial charge in [0.1, 0.15) is 12.9 Å². The number of carbonyl (C=O) groups is 2. The van der Waals surface area contributed by atoms with Crippen LogP contribution < -0.4 is 5.32 Å². The summed E-state index contributed by atoms with van der Waals surface area (Å²) in [5.74, 6) is -1.11. The van der Waals surface area contributed by atoms with Gasteiger partial charge in [-0.3, -0.25) is 9.59 Å². The Labute approximate surface area is 85.3 Å². The van der Waals surface area contributed by atoms with Crippen LogP contribution in [-0.4, -0.2) is 43.7 Å². The summed E-state index contributed by atoms with van der Waals surface area (Å²) in [5.41, 5.74) is 0. The summed E-state index contributed by atoms with van der Waals surface area (Å²) >= 11 is 0. The van der Waals surface area contributed by atoms with Crippen LogP contribution in [-0.2, 0) is 16.1 Å². The fourth-order valence-electron chi connectivity index (χ4n) is 0.923. The number of nitrogens with zero attached hydrogens (tertiary/aromatic N) is 4. The van der Waals surface area contributed by atoms with Crippen LogP contribution in [0, 0.1) is 0 Å². The summed E-state index contributed by atoms with van der Waals surface area (Å²) in [5, 5.41) is 21.2. The Kier molecular flexibility index (Phi) is 4.20. The van der Waals surface area contributed by atoms with Crippen molar-refractivity contribution in [3.63, 3.8) is 0 Å². The van der Waals surface area contributed by atoms with Gasteiger partial charge in [-0.1, -0.05) is 0 Å². The van der Waals surface area contributed by atoms with Crippen LogP contribution >= 0.6 is 0 Å². The zero-order valence-electron chi connectivity index (χ0n) is 7.96. The number of rotatable bonds is 6. The normalized spacial score (nSPS) is 9.87. The van der Waals surface area contributed by atoms with Crippen LogP contribution in [0.1, 0.15) is 12.8 Å². The van der Waals surface area contributed by atoms with Gasteiger partial charge in [0.25, 0.3) is 0 Å². The van der Waals surface area contributed by atoms with E-state index in [4.69, 9.17) is 5.11 Å². The highest BCUT2D eigenvalue weighted by Crippen LogP contribution is 1.86. The predicted octanol–water partition coefficient (Wildman–Crippen LogP) is -1.35. The van der Waals surface area contributed by atoms with Gasteiger partial charge in [0, 0.05) is 13.0 Å². The smallest absolute Gasteiger partial charge is 0.303 e. The monoisotopic (exact) mass is 213 g/mol. The first-order valence-electron chi connectivity index (χ1n) is 4.38. The van der Waals surface area contributed by atoms with Crippen molar-refractivity contribution < 1.29 is 14.7 Å². The van der Waals surface area contributed by atoms with Crippen LogP contribution in [0.3, 0.4) is 0 Å². The van der Waals surface area contributed by atoms with E-state index in [0.29, 0.717) is 13.0 Å². The molecule has 0 radical (unpaired) electrons. The molecule has 0 aliphatic carbocycles. The minimum Gasteiger partial charge on any atom is -0.481 e. The molecule has 8 nitrogen and oxygen atoms in total. The fourth-order valence-corrected chi connectivity index (χ4v) is 0.923. The van der Waals surface area contributed by atoms with Gasteiger partial charge in [0.05, 0.1) is 0 Å². The minimum absolute atomic E-state index is 0.0417. The standard InChI is InChI=1S/C7H11N5O3/c13-6(4-12-5-9-10-11-12)8-3-1-2-7(14)15/h5H,1-4H2,(H,8,13)(H,14,15). The van der Waals surface area contributed by atoms with E-state index in [1.165, 1.54) is 11.0 Å². The molecule has 0 saturated heterocycles. The Morgan fingerprint density at radius 2 is 2.27 bits per heavy atom. The average Bonchev–Trinajstić information content (AvgIpc) is 2.64. The van der Waals surface area contributed by atoms with E-state index in [1.807, 2.05) is 0 Å². The second kappa shape index (κ2) is 5.68. The number of carbonyl (C=O) groups excluding carboxylic acids is 1. The van der Waals surface area contributed by atoms with Crippen molar-refractivity contribution in [2.45, 2.75) is 19.4 Å². The average molecular weight is 213 g/mol. The number of aromatic nitrogens is 4. The number of aliphatic carboxylic acids is 1. The lowest BCUT2D eigenvalue weighted by molar-refractivity contribution is -0.137. The van der Waals surface area contributed by atoms with E-state index in [9.17, 15) is 9.59 Å². The number of carboxylic acids is 1. The highest BCUT2D eigenvalue weighted by atomic mass is 16.4. The molecule has 1 rings (SSSR count). The van der Waals surface area contributed by atoms with Gasteiger partial charge >= 0.3 is 5.97 Å². The third kappa shape index (κ3) is 4.69. The number of carboxylic acid groups (broad SMARTS) is 1. The van der Waals surface area contributed by atoms with Crippen molar-refractivity contribution in [2.24, 2.45) is 0 Å². The van der Waals surface area contributed by atoms with Gasteiger partial charge in [-0.05, 0) is 16.8 Å². The summed E-state index contributed by atoms with van der Waals surface area (Å²) < 4.78 is 1.28. The second-order valence-corrected chi connectivity index (χ2v) is 2.85. The third-order valence-corrected chi connectivity index (χ3v) is 1.59. The molecule has 8 heteroatoms. The molecule has 0 saturated carbocycles. The summed E-state index contributed by atoms with van der Waals surface area (Å²) in [6.45, 7) is 0.382. The van der Waals surface area contributed by atoms with Crippen LogP contribution in [0.2, 0.25) is 0 Å². The molecule has 0 aromatic carbocycles. The molecule has 0 unspecified atom stereocenters. The number of nitrogens with one attached hydrogen (secondary N) is 1. The molecule has 82 valence electrons. The molecule has 0 bridgehead atoms. The highest BCUT2D eigenvalue weighted by Gasteiger charge is 2.03. The Balaban J connectivity index is 2.11. The maximum atomic E-state index is 11.2. The zero-order valence-corrected chi connectivity index (χ0v) is 7.96. The minimum atomic E-state index is -0.871. The molecule has 0 fully saturated rings. The third-order valence-electron chi connectivity index (χ3n) is 1.59. The summed E-state index contributed by atoms with van der Waals surface area (Å²) in [6.07, 6.45) is 1.79. The quantitative estimate of drug-likeness (QED) is 0.565. The summed E-state index contributed by atoms with van der Waals surface area (Å²) in [7, 11) is 0. The lowest BCUT2D eigenvalue weighted by Crippen LogP contribution is -2.28. The van der Waals surface area contributed by atoms with Crippen molar-refractivity contribution in [3.8, 4) is 0 Å². The van der Waals surface area contributed by atoms with E-state index < -0.39 is 5.97 Å². The van der Waals surface area contributed by atoms with Gasteiger partial charge in [-0.25, -0.2) is 4.68 Å². The topological polar surface area (TPSA) is 110 Å². The predicted molar refractivity (Wildman–Crippen MR) is 47.7 cm³/mol. The molecule has 0 aliphatic heterocycles. The van der Waals surface area contributed by atoms with E-state index in [-0.39, 0.29) is 18.9 Å². The van der Waals surface area contributed by atoms with Gasteiger partial charge in [0.2, 0.25) is 5.91 Å². The van der Waals surface area contributed by atoms with Crippen molar-refractivity contribution >= 4 is 11.9 Å². The van der Waals surface area contributed by atoms with E-state index >= 15 is 0 Å². The Morgan fingerprint density at radius 3 is 2.87 bits per heavy atom. The van der Waals surface area contributed by atoms with Crippen LogP contribution in [0.5, 0.6) is 0 Å². The van der Waals surface area contributed by atoms with Gasteiger partial charge in [-0.15, -0.1) is 5.10 Å². The molecular weight excluding hydrogens is 202 g/mol. The molecule has 15 heavy (non-hydrogen) atoms. The molecule has 0 spiro atoms. The molecular formula is C7H11N5O3. The molecule has 1 aromatic heterocycles. The SMILES string of the molecule is O=C(O)CCCNC(=O)Cn1cnnn1. The van der Waals surface area contributed by atoms with E-state index in [1.54, 1.807) is 0 Å². The van der Waals surface area contributed by atoms with Crippen LogP contribution in [0.15, 0.2) is 6.33 Å². The summed E-state index contributed by atoms with van der Waals surface area (Å²) in [4.78, 5) is 21.3. The number of hydrogen-bond donors (Lipinski definition) is 2. The first-order valence-corrected chi connectivity index (χ1v) is 4.38. The van der Waals surface area contributed by atoms with E-state index in [0.717, 1.165) is 0 Å². The number of hydrogen-bond acceptors (Lipinski definition) is 5. The van der Waals surface area contributed by atoms with Gasteiger partial charge < -0.3 is 10.4 Å². The van der Waals surface area contributed by atoms with Crippen molar-refractivity contribution in [3.05, 3.63) is 6.33 Å². The van der Waals surface area contributed by atoms with Crippen molar-refractivity contribution in [1.29, 1.82) is 0 Å². The molecule has 2 N–H and O–H groups in total. The first kappa shape index (κ1) is 11.1. The molecule has 1 heterocycles. The van der Waals surface area contributed by atoms with Crippen molar-refractivity contribution in [1.82, 2.24) is 25.5 Å². The van der Waals surface area contributed by atoms with Crippen molar-refractivity contribution in [2.75, 3.05) is 6.54 Å². The first-order chi connectivity index (χ1) is 7.18. The Bertz CT molecular complexity index is 323. The molecule has 1 aromatic rings. The second-order valence-electron chi connectivity index (χ2n) is 2.85. The lowest BCUT2D eigenvalue weighted by Gasteiger charge is -2.02. The number of amides is 1.